The summed E-state index contributed by atoms with van der Waals surface area (Å²) in [6.07, 6.45) is -3.67. The van der Waals surface area contributed by atoms with Gasteiger partial charge in [-0.3, -0.25) is 24.5 Å². The second-order valence-corrected chi connectivity index (χ2v) is 3.75. The molecule has 1 heterocycles. The lowest BCUT2D eigenvalue weighted by atomic mass is 10.4. The molecule has 1 aromatic rings. The first-order chi connectivity index (χ1) is 9.20. The van der Waals surface area contributed by atoms with E-state index in [9.17, 15) is 32.9 Å². The van der Waals surface area contributed by atoms with E-state index < -0.39 is 34.6 Å². The van der Waals surface area contributed by atoms with Gasteiger partial charge in [0.25, 0.3) is 0 Å². The summed E-state index contributed by atoms with van der Waals surface area (Å²) in [5, 5.41) is 10.5. The maximum Gasteiger partial charge on any atom is 0.411 e. The fraction of sp³-hybridized carbons (Fsp3) is 0.556. The third kappa shape index (κ3) is 4.84. The van der Waals surface area contributed by atoms with Gasteiger partial charge in [0.2, 0.25) is 0 Å². The maximum absolute atomic E-state index is 11.8. The smallest absolute Gasteiger partial charge is 0.372 e. The number of hydrogen-bond acceptors (Lipinski definition) is 5. The van der Waals surface area contributed by atoms with Crippen molar-refractivity contribution in [2.75, 3.05) is 13.2 Å². The number of aromatic amines is 1. The van der Waals surface area contributed by atoms with Crippen molar-refractivity contribution in [3.05, 3.63) is 37.1 Å². The monoisotopic (exact) mass is 297 g/mol. The van der Waals surface area contributed by atoms with Gasteiger partial charge in [-0.05, 0) is 6.42 Å². The topological polar surface area (TPSA) is 107 Å². The average molecular weight is 297 g/mol. The second kappa shape index (κ2) is 6.32. The van der Waals surface area contributed by atoms with Gasteiger partial charge in [-0.2, -0.15) is 13.2 Å². The van der Waals surface area contributed by atoms with Crippen LogP contribution in [0.15, 0.2) is 15.8 Å². The van der Waals surface area contributed by atoms with Crippen LogP contribution in [0.4, 0.5) is 18.9 Å². The van der Waals surface area contributed by atoms with Crippen LogP contribution in [-0.4, -0.2) is 33.9 Å². The number of nitrogens with zero attached hydrogens (tertiary/aromatic N) is 2. The summed E-state index contributed by atoms with van der Waals surface area (Å²) in [5.41, 5.74) is -2.83. The molecule has 0 atom stereocenters. The van der Waals surface area contributed by atoms with Gasteiger partial charge in [-0.1, -0.05) is 0 Å². The van der Waals surface area contributed by atoms with Crippen LogP contribution in [-0.2, 0) is 11.3 Å². The summed E-state index contributed by atoms with van der Waals surface area (Å²) in [6, 6.07) is 0. The summed E-state index contributed by atoms with van der Waals surface area (Å²) >= 11 is 0. The summed E-state index contributed by atoms with van der Waals surface area (Å²) in [6.45, 7) is -1.80. The number of nitro groups is 1. The van der Waals surface area contributed by atoms with Gasteiger partial charge in [-0.25, -0.2) is 4.79 Å². The zero-order chi connectivity index (χ0) is 15.3. The van der Waals surface area contributed by atoms with Crippen molar-refractivity contribution in [2.24, 2.45) is 0 Å². The molecule has 8 nitrogen and oxygen atoms in total. The molecule has 11 heteroatoms. The molecule has 1 N–H and O–H groups in total. The minimum absolute atomic E-state index is 0.0270. The van der Waals surface area contributed by atoms with Crippen LogP contribution >= 0.6 is 0 Å². The van der Waals surface area contributed by atoms with Gasteiger partial charge >= 0.3 is 23.1 Å². The van der Waals surface area contributed by atoms with E-state index in [0.29, 0.717) is 0 Å². The van der Waals surface area contributed by atoms with Gasteiger partial charge in [-0.15, -0.1) is 0 Å². The number of nitrogens with one attached hydrogen (secondary N) is 1. The van der Waals surface area contributed by atoms with Crippen molar-refractivity contribution >= 4 is 5.69 Å². The molecule has 0 aliphatic heterocycles. The summed E-state index contributed by atoms with van der Waals surface area (Å²) in [7, 11) is 0. The van der Waals surface area contributed by atoms with Gasteiger partial charge in [0.1, 0.15) is 6.61 Å². The minimum Gasteiger partial charge on any atom is -0.372 e. The van der Waals surface area contributed by atoms with Crippen LogP contribution in [0.1, 0.15) is 6.42 Å². The Balaban J connectivity index is 2.61. The Bertz CT molecular complexity index is 592. The van der Waals surface area contributed by atoms with Crippen LogP contribution in [0.5, 0.6) is 0 Å². The molecule has 1 rings (SSSR count). The molecule has 0 amide bonds. The molecule has 0 aliphatic carbocycles. The Morgan fingerprint density at radius 2 is 2.05 bits per heavy atom. The van der Waals surface area contributed by atoms with Crippen molar-refractivity contribution in [3.8, 4) is 0 Å². The fourth-order valence-electron chi connectivity index (χ4n) is 1.32. The van der Waals surface area contributed by atoms with Crippen molar-refractivity contribution in [1.29, 1.82) is 0 Å². The lowest BCUT2D eigenvalue weighted by Crippen LogP contribution is -2.31. The molecular weight excluding hydrogens is 287 g/mol. The number of halogens is 3. The Hall–Kier alpha value is -2.17. The Morgan fingerprint density at radius 1 is 1.40 bits per heavy atom. The number of aryl methyl sites for hydroxylation is 1. The molecule has 0 fully saturated rings. The highest BCUT2D eigenvalue weighted by Crippen LogP contribution is 2.14. The third-order valence-corrected chi connectivity index (χ3v) is 2.14. The van der Waals surface area contributed by atoms with Gasteiger partial charge in [0, 0.05) is 13.2 Å². The summed E-state index contributed by atoms with van der Waals surface area (Å²) in [4.78, 5) is 33.6. The highest BCUT2D eigenvalue weighted by Gasteiger charge is 2.27. The van der Waals surface area contributed by atoms with E-state index in [2.05, 4.69) is 4.74 Å². The zero-order valence-electron chi connectivity index (χ0n) is 9.98. The number of rotatable bonds is 6. The number of aromatic nitrogens is 2. The molecule has 1 aromatic heterocycles. The largest absolute Gasteiger partial charge is 0.411 e. The molecular formula is C9H10F3N3O5. The zero-order valence-corrected chi connectivity index (χ0v) is 9.98. The predicted molar refractivity (Wildman–Crippen MR) is 59.5 cm³/mol. The Labute approximate surface area is 108 Å². The number of alkyl halides is 3. The molecule has 20 heavy (non-hydrogen) atoms. The van der Waals surface area contributed by atoms with Gasteiger partial charge < -0.3 is 4.74 Å². The quantitative estimate of drug-likeness (QED) is 0.465. The van der Waals surface area contributed by atoms with Crippen molar-refractivity contribution in [3.63, 3.8) is 0 Å². The first-order valence-electron chi connectivity index (χ1n) is 5.33. The molecule has 0 aromatic carbocycles. The second-order valence-electron chi connectivity index (χ2n) is 3.75. The van der Waals surface area contributed by atoms with E-state index in [1.807, 2.05) is 0 Å². The maximum atomic E-state index is 11.8. The van der Waals surface area contributed by atoms with E-state index in [4.69, 9.17) is 0 Å². The molecule has 0 saturated carbocycles. The fourth-order valence-corrected chi connectivity index (χ4v) is 1.32. The number of ether oxygens (including phenoxy) is 1. The lowest BCUT2D eigenvalue weighted by Gasteiger charge is -2.08. The van der Waals surface area contributed by atoms with Crippen LogP contribution in [0, 0.1) is 10.1 Å². The highest BCUT2D eigenvalue weighted by atomic mass is 19.4. The third-order valence-electron chi connectivity index (χ3n) is 2.14. The van der Waals surface area contributed by atoms with E-state index >= 15 is 0 Å². The van der Waals surface area contributed by atoms with E-state index in [-0.39, 0.29) is 19.6 Å². The van der Waals surface area contributed by atoms with Crippen LogP contribution < -0.4 is 11.2 Å². The highest BCUT2D eigenvalue weighted by molar-refractivity contribution is 5.20. The molecule has 112 valence electrons. The van der Waals surface area contributed by atoms with Gasteiger partial charge in [0.15, 0.2) is 0 Å². The molecule has 0 aliphatic rings. The van der Waals surface area contributed by atoms with Gasteiger partial charge in [0.05, 0.1) is 11.1 Å². The first-order valence-corrected chi connectivity index (χ1v) is 5.33. The van der Waals surface area contributed by atoms with E-state index in [1.165, 1.54) is 0 Å². The molecule has 0 unspecified atom stereocenters. The van der Waals surface area contributed by atoms with Crippen molar-refractivity contribution < 1.29 is 22.8 Å². The predicted octanol–water partition coefficient (Wildman–Crippen LogP) is 0.414. The Morgan fingerprint density at radius 3 is 2.60 bits per heavy atom. The van der Waals surface area contributed by atoms with E-state index in [1.54, 1.807) is 4.98 Å². The molecule has 0 saturated heterocycles. The first kappa shape index (κ1) is 15.9. The molecule has 0 bridgehead atoms. The van der Waals surface area contributed by atoms with Crippen molar-refractivity contribution in [2.45, 2.75) is 19.1 Å². The average Bonchev–Trinajstić information content (AvgIpc) is 2.29. The van der Waals surface area contributed by atoms with E-state index in [0.717, 1.165) is 10.8 Å². The molecule has 0 spiro atoms. The molecule has 0 radical (unpaired) electrons. The minimum atomic E-state index is -4.44. The normalized spacial score (nSPS) is 11.6. The van der Waals surface area contributed by atoms with Crippen LogP contribution in [0.25, 0.3) is 0 Å². The number of H-pyrrole nitrogens is 1. The van der Waals surface area contributed by atoms with Crippen LogP contribution in [0.2, 0.25) is 0 Å². The lowest BCUT2D eigenvalue weighted by molar-refractivity contribution is -0.386. The van der Waals surface area contributed by atoms with Crippen LogP contribution in [0.3, 0.4) is 0 Å². The number of hydrogen-bond donors (Lipinski definition) is 1. The SMILES string of the molecule is O=c1[nH]c(=O)n(CCCOCC(F)(F)F)cc1[N+](=O)[O-]. The Kier molecular flexibility index (Phi) is 5.02. The standard InChI is InChI=1S/C9H10F3N3O5/c10-9(11,12)5-20-3-1-2-14-4-6(15(18)19)7(16)13-8(14)17/h4H,1-3,5H2,(H,13,16,17). The summed E-state index contributed by atoms with van der Waals surface area (Å²) in [5.74, 6) is 0. The van der Waals surface area contributed by atoms with Crippen molar-refractivity contribution in [1.82, 2.24) is 9.55 Å². The summed E-state index contributed by atoms with van der Waals surface area (Å²) < 4.78 is 40.4.